The Morgan fingerprint density at radius 1 is 1.11 bits per heavy atom. The quantitative estimate of drug-likeness (QED) is 0.568. The molecule has 0 saturated heterocycles. The van der Waals surface area contributed by atoms with Gasteiger partial charge in [0.05, 0.1) is 0 Å². The van der Waals surface area contributed by atoms with E-state index in [4.69, 9.17) is 9.47 Å². The van der Waals surface area contributed by atoms with Gasteiger partial charge in [-0.25, -0.2) is 0 Å². The van der Waals surface area contributed by atoms with Crippen molar-refractivity contribution in [1.82, 2.24) is 5.32 Å². The van der Waals surface area contributed by atoms with Crippen molar-refractivity contribution in [3.63, 3.8) is 0 Å². The van der Waals surface area contributed by atoms with E-state index in [1.807, 2.05) is 6.92 Å². The van der Waals surface area contributed by atoms with Crippen LogP contribution in [0.3, 0.4) is 0 Å². The Kier molecular flexibility index (Phi) is 6.76. The molecule has 0 aliphatic heterocycles. The third kappa shape index (κ3) is 4.67. The maximum atomic E-state index is 5.65. The number of benzene rings is 1. The monoisotopic (exact) mass is 251 g/mol. The second-order valence-corrected chi connectivity index (χ2v) is 4.49. The van der Waals surface area contributed by atoms with E-state index < -0.39 is 0 Å². The number of nitrogens with one attached hydrogen (secondary N) is 1. The average molecular weight is 251 g/mol. The molecule has 0 heterocycles. The normalized spacial score (nSPS) is 10.7. The summed E-state index contributed by atoms with van der Waals surface area (Å²) in [6, 6.07) is 4.36. The van der Waals surface area contributed by atoms with Gasteiger partial charge in [0, 0.05) is 13.2 Å². The van der Waals surface area contributed by atoms with Crippen molar-refractivity contribution in [2.75, 3.05) is 19.9 Å². The average Bonchev–Trinajstić information content (AvgIpc) is 2.33. The van der Waals surface area contributed by atoms with Crippen LogP contribution in [-0.2, 0) is 11.3 Å². The van der Waals surface area contributed by atoms with Crippen molar-refractivity contribution < 1.29 is 9.47 Å². The van der Waals surface area contributed by atoms with Gasteiger partial charge in [-0.15, -0.1) is 0 Å². The summed E-state index contributed by atoms with van der Waals surface area (Å²) in [5.41, 5.74) is 3.65. The van der Waals surface area contributed by atoms with Gasteiger partial charge < -0.3 is 14.8 Å². The van der Waals surface area contributed by atoms with Crippen molar-refractivity contribution in [3.8, 4) is 5.75 Å². The lowest BCUT2D eigenvalue weighted by Gasteiger charge is -2.14. The molecule has 0 unspecified atom stereocenters. The number of hydrogen-bond acceptors (Lipinski definition) is 3. The summed E-state index contributed by atoms with van der Waals surface area (Å²) in [7, 11) is 0. The Morgan fingerprint density at radius 2 is 1.78 bits per heavy atom. The van der Waals surface area contributed by atoms with E-state index in [0.717, 1.165) is 25.3 Å². The molecule has 0 spiro atoms. The van der Waals surface area contributed by atoms with Gasteiger partial charge in [0.25, 0.3) is 0 Å². The third-order valence-corrected chi connectivity index (χ3v) is 2.77. The summed E-state index contributed by atoms with van der Waals surface area (Å²) in [6.07, 6.45) is 1.16. The first-order chi connectivity index (χ1) is 8.69. The highest BCUT2D eigenvalue weighted by atomic mass is 16.7. The second-order valence-electron chi connectivity index (χ2n) is 4.49. The second kappa shape index (κ2) is 8.11. The van der Waals surface area contributed by atoms with Gasteiger partial charge in [-0.3, -0.25) is 0 Å². The SMILES string of the molecule is CCCNCc1cc(C)c(OCOCC)c(C)c1. The molecule has 3 nitrogen and oxygen atoms in total. The smallest absolute Gasteiger partial charge is 0.189 e. The Labute approximate surface area is 110 Å². The zero-order valence-corrected chi connectivity index (χ0v) is 12.0. The molecule has 1 N–H and O–H groups in total. The summed E-state index contributed by atoms with van der Waals surface area (Å²) in [6.45, 7) is 11.3. The molecule has 0 aromatic heterocycles. The molecule has 0 aliphatic carbocycles. The molecular formula is C15H25NO2. The first kappa shape index (κ1) is 15.0. The summed E-state index contributed by atoms with van der Waals surface area (Å²) >= 11 is 0. The molecule has 0 aliphatic rings. The molecular weight excluding hydrogens is 226 g/mol. The summed E-state index contributed by atoms with van der Waals surface area (Å²) in [4.78, 5) is 0. The van der Waals surface area contributed by atoms with Gasteiger partial charge in [-0.05, 0) is 50.4 Å². The van der Waals surface area contributed by atoms with E-state index in [9.17, 15) is 0 Å². The summed E-state index contributed by atoms with van der Waals surface area (Å²) in [5, 5.41) is 3.41. The van der Waals surface area contributed by atoms with Crippen LogP contribution in [0, 0.1) is 13.8 Å². The standard InChI is InChI=1S/C15H25NO2/c1-5-7-16-10-14-8-12(3)15(13(4)9-14)18-11-17-6-2/h8-9,16H,5-7,10-11H2,1-4H3. The van der Waals surface area contributed by atoms with Crippen molar-refractivity contribution in [3.05, 3.63) is 28.8 Å². The molecule has 18 heavy (non-hydrogen) atoms. The van der Waals surface area contributed by atoms with Gasteiger partial charge >= 0.3 is 0 Å². The molecule has 0 saturated carbocycles. The van der Waals surface area contributed by atoms with Crippen molar-refractivity contribution >= 4 is 0 Å². The molecule has 1 rings (SSSR count). The Bertz CT molecular complexity index is 341. The van der Waals surface area contributed by atoms with Crippen LogP contribution in [0.5, 0.6) is 5.75 Å². The van der Waals surface area contributed by atoms with Crippen LogP contribution in [0.25, 0.3) is 0 Å². The van der Waals surface area contributed by atoms with E-state index >= 15 is 0 Å². The van der Waals surface area contributed by atoms with Gasteiger partial charge in [0.15, 0.2) is 6.79 Å². The Morgan fingerprint density at radius 3 is 2.33 bits per heavy atom. The Balaban J connectivity index is 2.65. The summed E-state index contributed by atoms with van der Waals surface area (Å²) in [5.74, 6) is 0.947. The number of aryl methyl sites for hydroxylation is 2. The predicted octanol–water partition coefficient (Wildman–Crippen LogP) is 3.18. The van der Waals surface area contributed by atoms with Crippen LogP contribution in [0.1, 0.15) is 37.0 Å². The van der Waals surface area contributed by atoms with E-state index in [2.05, 4.69) is 38.2 Å². The lowest BCUT2D eigenvalue weighted by molar-refractivity contribution is 0.0216. The highest BCUT2D eigenvalue weighted by Gasteiger charge is 2.06. The molecule has 3 heteroatoms. The highest BCUT2D eigenvalue weighted by molar-refractivity contribution is 5.43. The van der Waals surface area contributed by atoms with Gasteiger partial charge in [-0.2, -0.15) is 0 Å². The Hall–Kier alpha value is -1.06. The molecule has 1 aromatic carbocycles. The van der Waals surface area contributed by atoms with Crippen LogP contribution in [0.4, 0.5) is 0 Å². The molecule has 0 bridgehead atoms. The van der Waals surface area contributed by atoms with Gasteiger partial charge in [0.1, 0.15) is 5.75 Å². The van der Waals surface area contributed by atoms with Gasteiger partial charge in [0.2, 0.25) is 0 Å². The lowest BCUT2D eigenvalue weighted by atomic mass is 10.1. The highest BCUT2D eigenvalue weighted by Crippen LogP contribution is 2.24. The van der Waals surface area contributed by atoms with E-state index in [1.165, 1.54) is 16.7 Å². The minimum absolute atomic E-state index is 0.325. The third-order valence-electron chi connectivity index (χ3n) is 2.77. The first-order valence-corrected chi connectivity index (χ1v) is 6.70. The van der Waals surface area contributed by atoms with E-state index in [1.54, 1.807) is 0 Å². The fourth-order valence-electron chi connectivity index (χ4n) is 1.96. The van der Waals surface area contributed by atoms with Crippen LogP contribution >= 0.6 is 0 Å². The van der Waals surface area contributed by atoms with Crippen molar-refractivity contribution in [2.45, 2.75) is 40.7 Å². The lowest BCUT2D eigenvalue weighted by Crippen LogP contribution is -2.14. The van der Waals surface area contributed by atoms with Crippen LogP contribution in [0.15, 0.2) is 12.1 Å². The largest absolute Gasteiger partial charge is 0.467 e. The fourth-order valence-corrected chi connectivity index (χ4v) is 1.96. The van der Waals surface area contributed by atoms with Crippen molar-refractivity contribution in [1.29, 1.82) is 0 Å². The fraction of sp³-hybridized carbons (Fsp3) is 0.600. The molecule has 0 amide bonds. The number of rotatable bonds is 8. The van der Waals surface area contributed by atoms with Gasteiger partial charge in [-0.1, -0.05) is 19.1 Å². The van der Waals surface area contributed by atoms with Crippen LogP contribution < -0.4 is 10.1 Å². The van der Waals surface area contributed by atoms with Crippen LogP contribution in [-0.4, -0.2) is 19.9 Å². The molecule has 1 aromatic rings. The molecule has 102 valence electrons. The zero-order chi connectivity index (χ0) is 13.4. The minimum atomic E-state index is 0.325. The van der Waals surface area contributed by atoms with E-state index in [0.29, 0.717) is 13.4 Å². The maximum Gasteiger partial charge on any atom is 0.189 e. The predicted molar refractivity (Wildman–Crippen MR) is 75.0 cm³/mol. The maximum absolute atomic E-state index is 5.65. The molecule has 0 radical (unpaired) electrons. The minimum Gasteiger partial charge on any atom is -0.467 e. The van der Waals surface area contributed by atoms with E-state index in [-0.39, 0.29) is 0 Å². The first-order valence-electron chi connectivity index (χ1n) is 6.70. The number of ether oxygens (including phenoxy) is 2. The zero-order valence-electron chi connectivity index (χ0n) is 12.0. The van der Waals surface area contributed by atoms with Crippen molar-refractivity contribution in [2.24, 2.45) is 0 Å². The molecule has 0 atom stereocenters. The topological polar surface area (TPSA) is 30.5 Å². The number of hydrogen-bond donors (Lipinski definition) is 1. The van der Waals surface area contributed by atoms with Crippen LogP contribution in [0.2, 0.25) is 0 Å². The summed E-state index contributed by atoms with van der Waals surface area (Å²) < 4.78 is 10.9. The molecule has 0 fully saturated rings.